The quantitative estimate of drug-likeness (QED) is 0.849. The van der Waals surface area contributed by atoms with E-state index < -0.39 is 5.97 Å². The summed E-state index contributed by atoms with van der Waals surface area (Å²) in [7, 11) is 0. The lowest BCUT2D eigenvalue weighted by Gasteiger charge is -2.08. The normalized spacial score (nSPS) is 15.8. The molecule has 0 spiro atoms. The number of amides is 1. The first-order chi connectivity index (χ1) is 8.65. The van der Waals surface area contributed by atoms with E-state index in [2.05, 4.69) is 10.3 Å². The summed E-state index contributed by atoms with van der Waals surface area (Å²) in [6, 6.07) is 0. The standard InChI is InChI=1S/C12H16N2O3S/c15-11(16)5-9-7-18-10(14-9)6-13-12(17)8-3-1-2-4-8/h7-8H,1-6H2,(H,13,17)(H,15,16). The number of carbonyl (C=O) groups excluding carboxylic acids is 1. The molecule has 6 heteroatoms. The lowest BCUT2D eigenvalue weighted by Crippen LogP contribution is -2.28. The molecule has 1 aliphatic carbocycles. The topological polar surface area (TPSA) is 79.3 Å². The maximum absolute atomic E-state index is 11.8. The predicted molar refractivity (Wildman–Crippen MR) is 67.3 cm³/mol. The molecule has 98 valence electrons. The SMILES string of the molecule is O=C(O)Cc1csc(CNC(=O)C2CCCC2)n1. The highest BCUT2D eigenvalue weighted by Gasteiger charge is 2.22. The Bertz CT molecular complexity index is 438. The van der Waals surface area contributed by atoms with Crippen LogP contribution < -0.4 is 5.32 Å². The van der Waals surface area contributed by atoms with Crippen molar-refractivity contribution >= 4 is 23.2 Å². The van der Waals surface area contributed by atoms with Crippen LogP contribution in [0.4, 0.5) is 0 Å². The number of hydrogen-bond donors (Lipinski definition) is 2. The molecule has 5 nitrogen and oxygen atoms in total. The molecule has 1 aromatic rings. The molecule has 0 saturated heterocycles. The van der Waals surface area contributed by atoms with Crippen LogP contribution in [-0.4, -0.2) is 22.0 Å². The highest BCUT2D eigenvalue weighted by atomic mass is 32.1. The number of nitrogens with zero attached hydrogens (tertiary/aromatic N) is 1. The van der Waals surface area contributed by atoms with Gasteiger partial charge in [0.2, 0.25) is 5.91 Å². The van der Waals surface area contributed by atoms with Crippen LogP contribution in [0.15, 0.2) is 5.38 Å². The van der Waals surface area contributed by atoms with E-state index in [9.17, 15) is 9.59 Å². The Hall–Kier alpha value is -1.43. The van der Waals surface area contributed by atoms with Gasteiger partial charge in [0.05, 0.1) is 18.7 Å². The monoisotopic (exact) mass is 268 g/mol. The Morgan fingerprint density at radius 2 is 2.17 bits per heavy atom. The molecule has 2 rings (SSSR count). The van der Waals surface area contributed by atoms with E-state index in [1.165, 1.54) is 11.3 Å². The van der Waals surface area contributed by atoms with Crippen molar-refractivity contribution in [3.05, 3.63) is 16.1 Å². The molecular formula is C12H16N2O3S. The van der Waals surface area contributed by atoms with Gasteiger partial charge in [0.15, 0.2) is 0 Å². The van der Waals surface area contributed by atoms with Crippen LogP contribution in [-0.2, 0) is 22.6 Å². The summed E-state index contributed by atoms with van der Waals surface area (Å²) in [5, 5.41) is 14.0. The molecular weight excluding hydrogens is 252 g/mol. The van der Waals surface area contributed by atoms with Crippen LogP contribution in [0.25, 0.3) is 0 Å². The third kappa shape index (κ3) is 3.53. The van der Waals surface area contributed by atoms with E-state index in [0.717, 1.165) is 30.7 Å². The first-order valence-electron chi connectivity index (χ1n) is 6.08. The number of carbonyl (C=O) groups is 2. The lowest BCUT2D eigenvalue weighted by atomic mass is 10.1. The Labute approximate surface area is 109 Å². The fourth-order valence-electron chi connectivity index (χ4n) is 2.16. The third-order valence-corrected chi connectivity index (χ3v) is 3.97. The number of aromatic nitrogens is 1. The van der Waals surface area contributed by atoms with Crippen molar-refractivity contribution in [1.29, 1.82) is 0 Å². The first kappa shape index (κ1) is 13.0. The van der Waals surface area contributed by atoms with E-state index in [1.807, 2.05) is 0 Å². The molecule has 0 bridgehead atoms. The van der Waals surface area contributed by atoms with Crippen LogP contribution in [0, 0.1) is 5.92 Å². The van der Waals surface area contributed by atoms with Gasteiger partial charge in [-0.1, -0.05) is 12.8 Å². The minimum absolute atomic E-state index is 0.0624. The zero-order chi connectivity index (χ0) is 13.0. The van der Waals surface area contributed by atoms with Gasteiger partial charge in [0.25, 0.3) is 0 Å². The highest BCUT2D eigenvalue weighted by molar-refractivity contribution is 7.09. The maximum Gasteiger partial charge on any atom is 0.309 e. The summed E-state index contributed by atoms with van der Waals surface area (Å²) in [6.45, 7) is 0.402. The van der Waals surface area contributed by atoms with Crippen molar-refractivity contribution in [2.75, 3.05) is 0 Å². The van der Waals surface area contributed by atoms with Gasteiger partial charge in [-0.15, -0.1) is 11.3 Å². The average molecular weight is 268 g/mol. The number of carboxylic acid groups (broad SMARTS) is 1. The molecule has 2 N–H and O–H groups in total. The summed E-state index contributed by atoms with van der Waals surface area (Å²) in [4.78, 5) is 26.5. The van der Waals surface area contributed by atoms with Crippen LogP contribution in [0.5, 0.6) is 0 Å². The van der Waals surface area contributed by atoms with Crippen molar-refractivity contribution < 1.29 is 14.7 Å². The maximum atomic E-state index is 11.8. The molecule has 1 amide bonds. The van der Waals surface area contributed by atoms with Crippen molar-refractivity contribution in [2.45, 2.75) is 38.6 Å². The lowest BCUT2D eigenvalue weighted by molar-refractivity contribution is -0.136. The minimum Gasteiger partial charge on any atom is -0.481 e. The summed E-state index contributed by atoms with van der Waals surface area (Å²) in [5.74, 6) is -0.632. The molecule has 1 saturated carbocycles. The summed E-state index contributed by atoms with van der Waals surface area (Å²) in [5.41, 5.74) is 0.553. The minimum atomic E-state index is -0.887. The Kier molecular flexibility index (Phi) is 4.30. The van der Waals surface area contributed by atoms with E-state index in [4.69, 9.17) is 5.11 Å². The van der Waals surface area contributed by atoms with Crippen LogP contribution >= 0.6 is 11.3 Å². The van der Waals surface area contributed by atoms with Gasteiger partial charge in [0.1, 0.15) is 5.01 Å². The number of rotatable bonds is 5. The second-order valence-corrected chi connectivity index (χ2v) is 5.44. The molecule has 1 aromatic heterocycles. The van der Waals surface area contributed by atoms with Gasteiger partial charge in [-0.05, 0) is 12.8 Å². The zero-order valence-electron chi connectivity index (χ0n) is 10.0. The van der Waals surface area contributed by atoms with Gasteiger partial charge in [-0.25, -0.2) is 4.98 Å². The van der Waals surface area contributed by atoms with Crippen molar-refractivity contribution in [3.63, 3.8) is 0 Å². The average Bonchev–Trinajstić information content (AvgIpc) is 2.95. The Morgan fingerprint density at radius 3 is 2.83 bits per heavy atom. The van der Waals surface area contributed by atoms with Gasteiger partial charge < -0.3 is 10.4 Å². The summed E-state index contributed by atoms with van der Waals surface area (Å²) < 4.78 is 0. The molecule has 0 atom stereocenters. The number of carboxylic acids is 1. The first-order valence-corrected chi connectivity index (χ1v) is 6.96. The van der Waals surface area contributed by atoms with Gasteiger partial charge in [-0.2, -0.15) is 0 Å². The number of hydrogen-bond acceptors (Lipinski definition) is 4. The van der Waals surface area contributed by atoms with E-state index in [-0.39, 0.29) is 18.2 Å². The largest absolute Gasteiger partial charge is 0.481 e. The predicted octanol–water partition coefficient (Wildman–Crippen LogP) is 1.58. The fourth-order valence-corrected chi connectivity index (χ4v) is 2.89. The van der Waals surface area contributed by atoms with Crippen LogP contribution in [0.2, 0.25) is 0 Å². The smallest absolute Gasteiger partial charge is 0.309 e. The highest BCUT2D eigenvalue weighted by Crippen LogP contribution is 2.24. The number of thiazole rings is 1. The number of aliphatic carboxylic acids is 1. The third-order valence-electron chi connectivity index (χ3n) is 3.07. The van der Waals surface area contributed by atoms with Crippen molar-refractivity contribution in [3.8, 4) is 0 Å². The van der Waals surface area contributed by atoms with Crippen molar-refractivity contribution in [1.82, 2.24) is 10.3 Å². The molecule has 0 unspecified atom stereocenters. The zero-order valence-corrected chi connectivity index (χ0v) is 10.8. The van der Waals surface area contributed by atoms with Crippen LogP contribution in [0.3, 0.4) is 0 Å². The second kappa shape index (κ2) is 5.95. The second-order valence-electron chi connectivity index (χ2n) is 4.50. The van der Waals surface area contributed by atoms with Crippen molar-refractivity contribution in [2.24, 2.45) is 5.92 Å². The van der Waals surface area contributed by atoms with Gasteiger partial charge >= 0.3 is 5.97 Å². The van der Waals surface area contributed by atoms with Gasteiger partial charge in [-0.3, -0.25) is 9.59 Å². The van der Waals surface area contributed by atoms with E-state index >= 15 is 0 Å². The molecule has 18 heavy (non-hydrogen) atoms. The molecule has 0 radical (unpaired) electrons. The molecule has 0 aromatic carbocycles. The molecule has 1 aliphatic rings. The molecule has 0 aliphatic heterocycles. The fraction of sp³-hybridized carbons (Fsp3) is 0.583. The Morgan fingerprint density at radius 1 is 1.44 bits per heavy atom. The molecule has 1 heterocycles. The van der Waals surface area contributed by atoms with Crippen LogP contribution in [0.1, 0.15) is 36.4 Å². The summed E-state index contributed by atoms with van der Waals surface area (Å²) in [6.07, 6.45) is 4.17. The van der Waals surface area contributed by atoms with E-state index in [0.29, 0.717) is 12.2 Å². The Balaban J connectivity index is 1.80. The molecule has 1 fully saturated rings. The van der Waals surface area contributed by atoms with Gasteiger partial charge in [0, 0.05) is 11.3 Å². The van der Waals surface area contributed by atoms with E-state index in [1.54, 1.807) is 5.38 Å². The summed E-state index contributed by atoms with van der Waals surface area (Å²) >= 11 is 1.39. The number of nitrogens with one attached hydrogen (secondary N) is 1.